The molecule has 28 heavy (non-hydrogen) atoms. The predicted molar refractivity (Wildman–Crippen MR) is 129 cm³/mol. The van der Waals surface area contributed by atoms with Crippen molar-refractivity contribution in [2.45, 2.75) is 40.2 Å². The van der Waals surface area contributed by atoms with Gasteiger partial charge < -0.3 is 20.0 Å². The van der Waals surface area contributed by atoms with E-state index in [4.69, 9.17) is 9.98 Å². The van der Waals surface area contributed by atoms with E-state index in [0.717, 1.165) is 70.1 Å². The molecule has 1 N–H and O–H groups in total. The molecule has 0 aliphatic carbocycles. The summed E-state index contributed by atoms with van der Waals surface area (Å²) in [4.78, 5) is 16.8. The first-order chi connectivity index (χ1) is 13.2. The number of aliphatic imine (C=N–C) groups is 1. The normalized spacial score (nSPS) is 19.5. The van der Waals surface area contributed by atoms with Gasteiger partial charge in [-0.1, -0.05) is 19.9 Å². The number of hydrogen-bond donors (Lipinski definition) is 1. The summed E-state index contributed by atoms with van der Waals surface area (Å²) >= 11 is 0. The molecule has 6 nitrogen and oxygen atoms in total. The number of rotatable bonds is 5. The molecule has 3 rings (SSSR count). The number of piperidine rings is 1. The molecule has 0 spiro atoms. The number of guanidine groups is 1. The van der Waals surface area contributed by atoms with Gasteiger partial charge in [-0.15, -0.1) is 24.0 Å². The first-order valence-electron chi connectivity index (χ1n) is 10.6. The topological polar surface area (TPSA) is 47.0 Å². The molecular weight excluding hydrogens is 463 g/mol. The maximum atomic E-state index is 4.87. The number of aromatic nitrogens is 1. The SMILES string of the molecule is CCNC(=NCc1ccc(N2CCN(CC)CC2)nc1)N1CCC(C)CC1.I. The molecule has 0 unspecified atom stereocenters. The molecule has 0 bridgehead atoms. The number of nitrogens with zero attached hydrogens (tertiary/aromatic N) is 5. The maximum Gasteiger partial charge on any atom is 0.194 e. The third-order valence-corrected chi connectivity index (χ3v) is 5.78. The number of nitrogens with one attached hydrogen (secondary N) is 1. The molecule has 2 fully saturated rings. The van der Waals surface area contributed by atoms with Crippen LogP contribution in [-0.4, -0.2) is 73.1 Å². The smallest absolute Gasteiger partial charge is 0.194 e. The number of anilines is 1. The standard InChI is InChI=1S/C21H36N6.HI/c1-4-22-21(27-10-8-18(3)9-11-27)24-17-19-6-7-20(23-16-19)26-14-12-25(5-2)13-15-26;/h6-7,16,18H,4-5,8-15,17H2,1-3H3,(H,22,24);1H. The van der Waals surface area contributed by atoms with Crippen LogP contribution < -0.4 is 10.2 Å². The van der Waals surface area contributed by atoms with E-state index < -0.39 is 0 Å². The summed E-state index contributed by atoms with van der Waals surface area (Å²) in [6.07, 6.45) is 4.50. The van der Waals surface area contributed by atoms with Gasteiger partial charge in [-0.3, -0.25) is 0 Å². The Morgan fingerprint density at radius 2 is 1.82 bits per heavy atom. The molecule has 7 heteroatoms. The second kappa shape index (κ2) is 11.8. The van der Waals surface area contributed by atoms with Crippen LogP contribution >= 0.6 is 24.0 Å². The molecule has 0 atom stereocenters. The van der Waals surface area contributed by atoms with Crippen molar-refractivity contribution >= 4 is 35.8 Å². The molecule has 158 valence electrons. The van der Waals surface area contributed by atoms with Crippen molar-refractivity contribution in [1.29, 1.82) is 0 Å². The first kappa shape index (κ1) is 23.2. The Kier molecular flexibility index (Phi) is 9.77. The Balaban J connectivity index is 0.00000280. The average molecular weight is 500 g/mol. The molecular formula is C21H37IN6. The minimum Gasteiger partial charge on any atom is -0.357 e. The van der Waals surface area contributed by atoms with Crippen LogP contribution in [0.5, 0.6) is 0 Å². The zero-order valence-corrected chi connectivity index (χ0v) is 20.1. The van der Waals surface area contributed by atoms with Gasteiger partial charge in [-0.05, 0) is 43.9 Å². The van der Waals surface area contributed by atoms with Crippen LogP contribution in [0, 0.1) is 5.92 Å². The predicted octanol–water partition coefficient (Wildman–Crippen LogP) is 3.04. The Labute approximate surface area is 187 Å². The summed E-state index contributed by atoms with van der Waals surface area (Å²) in [5.41, 5.74) is 1.17. The number of hydrogen-bond acceptors (Lipinski definition) is 4. The lowest BCUT2D eigenvalue weighted by Gasteiger charge is -2.34. The van der Waals surface area contributed by atoms with Crippen molar-refractivity contribution in [3.05, 3.63) is 23.9 Å². The summed E-state index contributed by atoms with van der Waals surface area (Å²) in [6, 6.07) is 4.34. The zero-order chi connectivity index (χ0) is 19.1. The summed E-state index contributed by atoms with van der Waals surface area (Å²) in [5, 5.41) is 3.45. The lowest BCUT2D eigenvalue weighted by Crippen LogP contribution is -2.46. The third kappa shape index (κ3) is 6.47. The summed E-state index contributed by atoms with van der Waals surface area (Å²) in [6.45, 7) is 16.0. The van der Waals surface area contributed by atoms with Gasteiger partial charge in [-0.25, -0.2) is 9.98 Å². The second-order valence-electron chi connectivity index (χ2n) is 7.79. The first-order valence-corrected chi connectivity index (χ1v) is 10.6. The molecule has 0 saturated carbocycles. The zero-order valence-electron chi connectivity index (χ0n) is 17.7. The monoisotopic (exact) mass is 500 g/mol. The fourth-order valence-electron chi connectivity index (χ4n) is 3.80. The van der Waals surface area contributed by atoms with Crippen LogP contribution in [0.3, 0.4) is 0 Å². The highest BCUT2D eigenvalue weighted by molar-refractivity contribution is 14.0. The van der Waals surface area contributed by atoms with Gasteiger partial charge in [-0.2, -0.15) is 0 Å². The molecule has 2 aliphatic rings. The van der Waals surface area contributed by atoms with Crippen LogP contribution in [0.4, 0.5) is 5.82 Å². The number of likely N-dealkylation sites (N-methyl/N-ethyl adjacent to an activating group) is 1. The molecule has 3 heterocycles. The number of likely N-dealkylation sites (tertiary alicyclic amines) is 1. The van der Waals surface area contributed by atoms with Gasteiger partial charge in [0, 0.05) is 52.0 Å². The van der Waals surface area contributed by atoms with E-state index in [9.17, 15) is 0 Å². The van der Waals surface area contributed by atoms with Crippen molar-refractivity contribution in [3.8, 4) is 0 Å². The number of pyridine rings is 1. The van der Waals surface area contributed by atoms with E-state index in [1.54, 1.807) is 0 Å². The highest BCUT2D eigenvalue weighted by Gasteiger charge is 2.19. The molecule has 0 amide bonds. The molecule has 0 radical (unpaired) electrons. The lowest BCUT2D eigenvalue weighted by atomic mass is 10.00. The summed E-state index contributed by atoms with van der Waals surface area (Å²) in [5.74, 6) is 2.97. The highest BCUT2D eigenvalue weighted by atomic mass is 127. The van der Waals surface area contributed by atoms with Gasteiger partial charge in [0.25, 0.3) is 0 Å². The molecule has 1 aromatic heterocycles. The summed E-state index contributed by atoms with van der Waals surface area (Å²) < 4.78 is 0. The van der Waals surface area contributed by atoms with E-state index in [1.165, 1.54) is 18.4 Å². The van der Waals surface area contributed by atoms with Gasteiger partial charge in [0.2, 0.25) is 0 Å². The van der Waals surface area contributed by atoms with Crippen molar-refractivity contribution in [2.24, 2.45) is 10.9 Å². The van der Waals surface area contributed by atoms with Crippen LogP contribution in [0.2, 0.25) is 0 Å². The van der Waals surface area contributed by atoms with Crippen molar-refractivity contribution < 1.29 is 0 Å². The molecule has 1 aromatic rings. The average Bonchev–Trinajstić information content (AvgIpc) is 2.72. The van der Waals surface area contributed by atoms with Gasteiger partial charge in [0.1, 0.15) is 5.82 Å². The fourth-order valence-corrected chi connectivity index (χ4v) is 3.80. The van der Waals surface area contributed by atoms with Crippen molar-refractivity contribution in [3.63, 3.8) is 0 Å². The third-order valence-electron chi connectivity index (χ3n) is 5.78. The van der Waals surface area contributed by atoms with E-state index in [1.807, 2.05) is 6.20 Å². The maximum absolute atomic E-state index is 4.87. The number of halogens is 1. The highest BCUT2D eigenvalue weighted by Crippen LogP contribution is 2.17. The van der Waals surface area contributed by atoms with Crippen molar-refractivity contribution in [2.75, 3.05) is 57.3 Å². The van der Waals surface area contributed by atoms with Crippen LogP contribution in [-0.2, 0) is 6.54 Å². The van der Waals surface area contributed by atoms with E-state index in [-0.39, 0.29) is 24.0 Å². The van der Waals surface area contributed by atoms with Crippen LogP contribution in [0.1, 0.15) is 39.2 Å². The number of piperazine rings is 1. The van der Waals surface area contributed by atoms with Crippen LogP contribution in [0.15, 0.2) is 23.3 Å². The van der Waals surface area contributed by atoms with Gasteiger partial charge >= 0.3 is 0 Å². The second-order valence-corrected chi connectivity index (χ2v) is 7.79. The van der Waals surface area contributed by atoms with E-state index >= 15 is 0 Å². The largest absolute Gasteiger partial charge is 0.357 e. The lowest BCUT2D eigenvalue weighted by molar-refractivity contribution is 0.270. The van der Waals surface area contributed by atoms with Gasteiger partial charge in [0.05, 0.1) is 6.54 Å². The Hall–Kier alpha value is -1.09. The van der Waals surface area contributed by atoms with E-state index in [0.29, 0.717) is 6.54 Å². The fraction of sp³-hybridized carbons (Fsp3) is 0.714. The molecule has 2 aliphatic heterocycles. The quantitative estimate of drug-likeness (QED) is 0.383. The Morgan fingerprint density at radius 3 is 2.39 bits per heavy atom. The Bertz CT molecular complexity index is 589. The minimum atomic E-state index is 0. The summed E-state index contributed by atoms with van der Waals surface area (Å²) in [7, 11) is 0. The molecule has 0 aromatic carbocycles. The van der Waals surface area contributed by atoms with E-state index in [2.05, 4.69) is 52.9 Å². The minimum absolute atomic E-state index is 0. The van der Waals surface area contributed by atoms with Crippen molar-refractivity contribution in [1.82, 2.24) is 20.1 Å². The molecule has 2 saturated heterocycles. The Morgan fingerprint density at radius 1 is 1.11 bits per heavy atom. The van der Waals surface area contributed by atoms with Gasteiger partial charge in [0.15, 0.2) is 5.96 Å². The van der Waals surface area contributed by atoms with Crippen LogP contribution in [0.25, 0.3) is 0 Å².